The fraction of sp³-hybridized carbons (Fsp3) is 0.500. The highest BCUT2D eigenvalue weighted by atomic mass is 16.5. The summed E-state index contributed by atoms with van der Waals surface area (Å²) < 4.78 is 4.95. The van der Waals surface area contributed by atoms with E-state index in [2.05, 4.69) is 15.6 Å². The lowest BCUT2D eigenvalue weighted by atomic mass is 10.0. The van der Waals surface area contributed by atoms with Gasteiger partial charge >= 0.3 is 12.0 Å². The Balaban J connectivity index is 1.80. The summed E-state index contributed by atoms with van der Waals surface area (Å²) in [5, 5.41) is 14.5. The second kappa shape index (κ2) is 6.92. The normalized spacial score (nSPS) is 20.8. The number of aliphatic carboxylic acids is 1. The third kappa shape index (κ3) is 4.08. The lowest BCUT2D eigenvalue weighted by Gasteiger charge is -2.18. The maximum Gasteiger partial charge on any atom is 0.315 e. The summed E-state index contributed by atoms with van der Waals surface area (Å²) in [6, 6.07) is 2.87. The van der Waals surface area contributed by atoms with Gasteiger partial charge in [-0.1, -0.05) is 12.5 Å². The number of amides is 2. The number of pyridine rings is 1. The molecule has 0 radical (unpaired) electrons. The van der Waals surface area contributed by atoms with Gasteiger partial charge in [-0.15, -0.1) is 0 Å². The van der Waals surface area contributed by atoms with Crippen LogP contribution in [-0.4, -0.2) is 35.2 Å². The van der Waals surface area contributed by atoms with Crippen LogP contribution in [0.15, 0.2) is 18.3 Å². The van der Waals surface area contributed by atoms with Gasteiger partial charge in [0.1, 0.15) is 0 Å². The second-order valence-corrected chi connectivity index (χ2v) is 5.02. The Labute approximate surface area is 122 Å². The number of carbonyl (C=O) groups is 2. The molecule has 0 aliphatic heterocycles. The average molecular weight is 293 g/mol. The number of nitrogens with zero attached hydrogens (tertiary/aromatic N) is 1. The summed E-state index contributed by atoms with van der Waals surface area (Å²) in [5.41, 5.74) is 0.840. The lowest BCUT2D eigenvalue weighted by Crippen LogP contribution is -2.45. The number of ether oxygens (including phenoxy) is 1. The monoisotopic (exact) mass is 293 g/mol. The van der Waals surface area contributed by atoms with Crippen molar-refractivity contribution in [3.05, 3.63) is 23.9 Å². The third-order valence-corrected chi connectivity index (χ3v) is 3.61. The van der Waals surface area contributed by atoms with E-state index in [1.165, 1.54) is 7.11 Å². The van der Waals surface area contributed by atoms with Crippen LogP contribution in [0.4, 0.5) is 4.79 Å². The van der Waals surface area contributed by atoms with E-state index in [1.807, 2.05) is 6.07 Å². The molecule has 7 nitrogen and oxygen atoms in total. The molecule has 2 rings (SSSR count). The van der Waals surface area contributed by atoms with Crippen molar-refractivity contribution in [2.45, 2.75) is 31.8 Å². The first-order valence-electron chi connectivity index (χ1n) is 6.86. The smallest absolute Gasteiger partial charge is 0.315 e. The van der Waals surface area contributed by atoms with Crippen LogP contribution in [0.5, 0.6) is 5.88 Å². The number of methoxy groups -OCH3 is 1. The molecule has 1 saturated carbocycles. The van der Waals surface area contributed by atoms with E-state index in [0.29, 0.717) is 25.3 Å². The molecule has 21 heavy (non-hydrogen) atoms. The third-order valence-electron chi connectivity index (χ3n) is 3.61. The molecule has 3 N–H and O–H groups in total. The Bertz CT molecular complexity index is 503. The molecular formula is C14H19N3O4. The predicted octanol–water partition coefficient (Wildman–Crippen LogP) is 1.14. The van der Waals surface area contributed by atoms with Crippen LogP contribution in [0.1, 0.15) is 24.8 Å². The first-order valence-corrected chi connectivity index (χ1v) is 6.86. The molecule has 0 spiro atoms. The molecule has 1 aromatic heterocycles. The number of hydrogen-bond acceptors (Lipinski definition) is 4. The molecule has 1 aliphatic carbocycles. The predicted molar refractivity (Wildman–Crippen MR) is 74.9 cm³/mol. The van der Waals surface area contributed by atoms with Gasteiger partial charge in [0, 0.05) is 24.8 Å². The Morgan fingerprint density at radius 2 is 2.24 bits per heavy atom. The van der Waals surface area contributed by atoms with Gasteiger partial charge < -0.3 is 20.5 Å². The summed E-state index contributed by atoms with van der Waals surface area (Å²) in [6.45, 7) is 0.327. The van der Waals surface area contributed by atoms with Crippen LogP contribution < -0.4 is 15.4 Å². The summed E-state index contributed by atoms with van der Waals surface area (Å²) in [7, 11) is 1.54. The molecule has 7 heteroatoms. The summed E-state index contributed by atoms with van der Waals surface area (Å²) in [5.74, 6) is -0.825. The number of carboxylic acids is 1. The van der Waals surface area contributed by atoms with Gasteiger partial charge in [-0.2, -0.15) is 0 Å². The largest absolute Gasteiger partial charge is 0.481 e. The van der Waals surface area contributed by atoms with E-state index in [1.54, 1.807) is 12.3 Å². The van der Waals surface area contributed by atoms with E-state index in [0.717, 1.165) is 12.0 Å². The van der Waals surface area contributed by atoms with Crippen LogP contribution in [0.2, 0.25) is 0 Å². The SMILES string of the molecule is COc1ccc(CNC(=O)NC2CCCC2C(=O)O)cn1. The van der Waals surface area contributed by atoms with E-state index in [9.17, 15) is 9.59 Å². The number of urea groups is 1. The number of aromatic nitrogens is 1. The number of nitrogens with one attached hydrogen (secondary N) is 2. The molecular weight excluding hydrogens is 274 g/mol. The minimum Gasteiger partial charge on any atom is -0.481 e. The fourth-order valence-corrected chi connectivity index (χ4v) is 2.47. The van der Waals surface area contributed by atoms with Crippen molar-refractivity contribution in [3.63, 3.8) is 0 Å². The van der Waals surface area contributed by atoms with Crippen molar-refractivity contribution in [1.82, 2.24) is 15.6 Å². The molecule has 2 unspecified atom stereocenters. The number of carbonyl (C=O) groups excluding carboxylic acids is 1. The Morgan fingerprint density at radius 1 is 1.43 bits per heavy atom. The maximum absolute atomic E-state index is 11.8. The minimum atomic E-state index is -0.850. The van der Waals surface area contributed by atoms with Gasteiger partial charge in [0.15, 0.2) is 0 Å². The molecule has 114 valence electrons. The zero-order valence-corrected chi connectivity index (χ0v) is 11.8. The van der Waals surface area contributed by atoms with Crippen molar-refractivity contribution in [1.29, 1.82) is 0 Å². The molecule has 2 amide bonds. The van der Waals surface area contributed by atoms with Gasteiger partial charge in [-0.3, -0.25) is 4.79 Å². The van der Waals surface area contributed by atoms with Crippen molar-refractivity contribution in [3.8, 4) is 5.88 Å². The Kier molecular flexibility index (Phi) is 4.97. The zero-order valence-electron chi connectivity index (χ0n) is 11.8. The zero-order chi connectivity index (χ0) is 15.2. The van der Waals surface area contributed by atoms with E-state index < -0.39 is 11.9 Å². The van der Waals surface area contributed by atoms with Gasteiger partial charge in [0.2, 0.25) is 5.88 Å². The number of carboxylic acid groups (broad SMARTS) is 1. The first-order chi connectivity index (χ1) is 10.1. The highest BCUT2D eigenvalue weighted by molar-refractivity contribution is 5.77. The highest BCUT2D eigenvalue weighted by Crippen LogP contribution is 2.25. The lowest BCUT2D eigenvalue weighted by molar-refractivity contribution is -0.142. The van der Waals surface area contributed by atoms with Crippen molar-refractivity contribution in [2.75, 3.05) is 7.11 Å². The fourth-order valence-electron chi connectivity index (χ4n) is 2.47. The topological polar surface area (TPSA) is 101 Å². The highest BCUT2D eigenvalue weighted by Gasteiger charge is 2.33. The molecule has 0 saturated heterocycles. The van der Waals surface area contributed by atoms with E-state index in [4.69, 9.17) is 9.84 Å². The van der Waals surface area contributed by atoms with Crippen molar-refractivity contribution < 1.29 is 19.4 Å². The second-order valence-electron chi connectivity index (χ2n) is 5.02. The van der Waals surface area contributed by atoms with E-state index in [-0.39, 0.29) is 12.1 Å². The van der Waals surface area contributed by atoms with E-state index >= 15 is 0 Å². The molecule has 2 atom stereocenters. The van der Waals surface area contributed by atoms with Gasteiger partial charge in [0.25, 0.3) is 0 Å². The molecule has 1 aliphatic rings. The standard InChI is InChI=1S/C14H19N3O4/c1-21-12-6-5-9(7-15-12)8-16-14(20)17-11-4-2-3-10(11)13(18)19/h5-7,10-11H,2-4,8H2,1H3,(H,18,19)(H2,16,17,20). The van der Waals surface area contributed by atoms with Crippen LogP contribution in [0, 0.1) is 5.92 Å². The number of rotatable bonds is 5. The molecule has 0 aromatic carbocycles. The maximum atomic E-state index is 11.8. The Morgan fingerprint density at radius 3 is 2.86 bits per heavy atom. The van der Waals surface area contributed by atoms with Crippen molar-refractivity contribution in [2.24, 2.45) is 5.92 Å². The van der Waals surface area contributed by atoms with Crippen LogP contribution in [0.3, 0.4) is 0 Å². The van der Waals surface area contributed by atoms with Crippen LogP contribution in [-0.2, 0) is 11.3 Å². The molecule has 1 fully saturated rings. The van der Waals surface area contributed by atoms with Gasteiger partial charge in [0.05, 0.1) is 13.0 Å². The molecule has 1 heterocycles. The quantitative estimate of drug-likeness (QED) is 0.756. The number of hydrogen-bond donors (Lipinski definition) is 3. The van der Waals surface area contributed by atoms with Crippen LogP contribution in [0.25, 0.3) is 0 Å². The Hall–Kier alpha value is -2.31. The molecule has 0 bridgehead atoms. The van der Waals surface area contributed by atoms with Crippen LogP contribution >= 0.6 is 0 Å². The summed E-state index contributed by atoms with van der Waals surface area (Å²) >= 11 is 0. The molecule has 1 aromatic rings. The summed E-state index contributed by atoms with van der Waals surface area (Å²) in [6.07, 6.45) is 3.76. The summed E-state index contributed by atoms with van der Waals surface area (Å²) in [4.78, 5) is 26.9. The minimum absolute atomic E-state index is 0.295. The van der Waals surface area contributed by atoms with Gasteiger partial charge in [-0.25, -0.2) is 9.78 Å². The average Bonchev–Trinajstić information content (AvgIpc) is 2.94. The van der Waals surface area contributed by atoms with Crippen molar-refractivity contribution >= 4 is 12.0 Å². The first kappa shape index (κ1) is 15.1. The van der Waals surface area contributed by atoms with Gasteiger partial charge in [-0.05, 0) is 18.4 Å².